The van der Waals surface area contributed by atoms with Crippen molar-refractivity contribution in [3.63, 3.8) is 0 Å². The monoisotopic (exact) mass is 264 g/mol. The maximum atomic E-state index is 9.98. The molecule has 106 valence electrons. The molecule has 3 heteroatoms. The van der Waals surface area contributed by atoms with Crippen LogP contribution in [0.3, 0.4) is 0 Å². The third kappa shape index (κ3) is 4.60. The highest BCUT2D eigenvalue weighted by Gasteiger charge is 2.31. The van der Waals surface area contributed by atoms with E-state index < -0.39 is 6.10 Å². The van der Waals surface area contributed by atoms with Gasteiger partial charge in [-0.1, -0.05) is 30.3 Å². The molecular weight excluding hydrogens is 240 g/mol. The van der Waals surface area contributed by atoms with Gasteiger partial charge in [0, 0.05) is 0 Å². The molecule has 0 bridgehead atoms. The summed E-state index contributed by atoms with van der Waals surface area (Å²) in [5.74, 6) is 0.154. The number of aryl methyl sites for hydroxylation is 1. The van der Waals surface area contributed by atoms with E-state index in [1.165, 1.54) is 5.56 Å². The highest BCUT2D eigenvalue weighted by molar-refractivity contribution is 5.14. The molecule has 0 spiro atoms. The van der Waals surface area contributed by atoms with Gasteiger partial charge in [0.1, 0.15) is 0 Å². The third-order valence-electron chi connectivity index (χ3n) is 4.11. The summed E-state index contributed by atoms with van der Waals surface area (Å²) in [6.07, 6.45) is 3.25. The maximum Gasteiger partial charge on any atom is 0.0594 e. The maximum absolute atomic E-state index is 9.98. The summed E-state index contributed by atoms with van der Waals surface area (Å²) in [6, 6.07) is 10.2. The molecule has 0 aliphatic heterocycles. The van der Waals surface area contributed by atoms with E-state index in [1.807, 2.05) is 18.2 Å². The lowest BCUT2D eigenvalue weighted by Gasteiger charge is -2.16. The lowest BCUT2D eigenvalue weighted by Crippen LogP contribution is -2.16. The van der Waals surface area contributed by atoms with E-state index >= 15 is 0 Å². The summed E-state index contributed by atoms with van der Waals surface area (Å²) < 4.78 is 0. The second-order valence-electron chi connectivity index (χ2n) is 5.71. The first-order valence-corrected chi connectivity index (χ1v) is 7.23. The molecule has 1 fully saturated rings. The van der Waals surface area contributed by atoms with E-state index in [9.17, 15) is 15.3 Å². The molecule has 1 aromatic carbocycles. The van der Waals surface area contributed by atoms with Gasteiger partial charge >= 0.3 is 0 Å². The second kappa shape index (κ2) is 7.04. The molecule has 3 nitrogen and oxygen atoms in total. The zero-order chi connectivity index (χ0) is 13.7. The molecule has 1 saturated carbocycles. The zero-order valence-corrected chi connectivity index (χ0v) is 11.3. The number of benzene rings is 1. The van der Waals surface area contributed by atoms with Crippen molar-refractivity contribution in [2.75, 3.05) is 0 Å². The predicted molar refractivity (Wildman–Crippen MR) is 74.7 cm³/mol. The van der Waals surface area contributed by atoms with Crippen molar-refractivity contribution in [3.05, 3.63) is 35.9 Å². The molecule has 0 amide bonds. The first-order chi connectivity index (χ1) is 9.15. The fraction of sp³-hybridized carbons (Fsp3) is 0.625. The van der Waals surface area contributed by atoms with Crippen molar-refractivity contribution >= 4 is 0 Å². The second-order valence-corrected chi connectivity index (χ2v) is 5.71. The van der Waals surface area contributed by atoms with Gasteiger partial charge in [-0.15, -0.1) is 0 Å². The normalized spacial score (nSPS) is 28.5. The summed E-state index contributed by atoms with van der Waals surface area (Å²) in [7, 11) is 0. The first kappa shape index (κ1) is 14.5. The van der Waals surface area contributed by atoms with Crippen LogP contribution in [0.1, 0.15) is 37.7 Å². The number of hydrogen-bond donors (Lipinski definition) is 3. The average Bonchev–Trinajstić information content (AvgIpc) is 2.73. The molecule has 19 heavy (non-hydrogen) atoms. The highest BCUT2D eigenvalue weighted by atomic mass is 16.3. The van der Waals surface area contributed by atoms with Crippen LogP contribution in [0.2, 0.25) is 0 Å². The Morgan fingerprint density at radius 1 is 1.05 bits per heavy atom. The summed E-state index contributed by atoms with van der Waals surface area (Å²) in [5, 5.41) is 29.2. The number of aliphatic hydroxyl groups is 3. The Balaban J connectivity index is 1.66. The Morgan fingerprint density at radius 2 is 1.79 bits per heavy atom. The van der Waals surface area contributed by atoms with E-state index in [-0.39, 0.29) is 18.1 Å². The van der Waals surface area contributed by atoms with Crippen molar-refractivity contribution in [1.82, 2.24) is 0 Å². The minimum Gasteiger partial charge on any atom is -0.393 e. The summed E-state index contributed by atoms with van der Waals surface area (Å²) in [4.78, 5) is 0. The van der Waals surface area contributed by atoms with Crippen LogP contribution in [0.4, 0.5) is 0 Å². The molecule has 1 aliphatic carbocycles. The van der Waals surface area contributed by atoms with Crippen LogP contribution in [0, 0.1) is 5.92 Å². The topological polar surface area (TPSA) is 60.7 Å². The van der Waals surface area contributed by atoms with Gasteiger partial charge in [-0.05, 0) is 50.0 Å². The molecule has 1 aromatic rings. The van der Waals surface area contributed by atoms with Crippen LogP contribution in [0.25, 0.3) is 0 Å². The van der Waals surface area contributed by atoms with E-state index in [0.717, 1.165) is 19.3 Å². The van der Waals surface area contributed by atoms with Gasteiger partial charge in [-0.25, -0.2) is 0 Å². The van der Waals surface area contributed by atoms with Gasteiger partial charge in [-0.2, -0.15) is 0 Å². The Hall–Kier alpha value is -0.900. The quantitative estimate of drug-likeness (QED) is 0.735. The Labute approximate surface area is 114 Å². The molecule has 0 radical (unpaired) electrons. The van der Waals surface area contributed by atoms with E-state index in [0.29, 0.717) is 19.3 Å². The molecule has 4 atom stereocenters. The van der Waals surface area contributed by atoms with Crippen molar-refractivity contribution in [3.8, 4) is 0 Å². The molecular formula is C16H24O3. The van der Waals surface area contributed by atoms with Gasteiger partial charge in [0.05, 0.1) is 18.3 Å². The van der Waals surface area contributed by atoms with Crippen LogP contribution in [-0.2, 0) is 6.42 Å². The van der Waals surface area contributed by atoms with Crippen LogP contribution < -0.4 is 0 Å². The summed E-state index contributed by atoms with van der Waals surface area (Å²) in [6.45, 7) is 0. The summed E-state index contributed by atoms with van der Waals surface area (Å²) in [5.41, 5.74) is 1.25. The standard InChI is InChI=1S/C16H24O3/c17-14(8-6-12-4-2-1-3-5-12)9-7-13-10-15(18)11-16(13)19/h1-5,13-19H,6-11H2/t13-,14-,15-,16+/m0/s1. The van der Waals surface area contributed by atoms with Gasteiger partial charge < -0.3 is 15.3 Å². The Bertz CT molecular complexity index is 366. The molecule has 0 aromatic heterocycles. The molecule has 0 heterocycles. The Morgan fingerprint density at radius 3 is 2.42 bits per heavy atom. The van der Waals surface area contributed by atoms with E-state index in [4.69, 9.17) is 0 Å². The minimum atomic E-state index is -0.392. The van der Waals surface area contributed by atoms with Crippen LogP contribution in [0.15, 0.2) is 30.3 Å². The third-order valence-corrected chi connectivity index (χ3v) is 4.11. The van der Waals surface area contributed by atoms with Crippen molar-refractivity contribution in [1.29, 1.82) is 0 Å². The molecule has 0 saturated heterocycles. The van der Waals surface area contributed by atoms with Crippen LogP contribution in [-0.4, -0.2) is 33.6 Å². The van der Waals surface area contributed by atoms with Crippen molar-refractivity contribution < 1.29 is 15.3 Å². The first-order valence-electron chi connectivity index (χ1n) is 7.23. The minimum absolute atomic E-state index is 0.154. The predicted octanol–water partition coefficient (Wildman–Crippen LogP) is 1.89. The molecule has 3 N–H and O–H groups in total. The molecule has 0 unspecified atom stereocenters. The SMILES string of the molecule is O[C@@H](CCc1ccccc1)CC[C@H]1C[C@H](O)C[C@H]1O. The van der Waals surface area contributed by atoms with Crippen molar-refractivity contribution in [2.45, 2.75) is 56.8 Å². The highest BCUT2D eigenvalue weighted by Crippen LogP contribution is 2.30. The molecule has 2 rings (SSSR count). The number of aliphatic hydroxyl groups excluding tert-OH is 3. The van der Waals surface area contributed by atoms with Crippen molar-refractivity contribution in [2.24, 2.45) is 5.92 Å². The van der Waals surface area contributed by atoms with Gasteiger partial charge in [0.2, 0.25) is 0 Å². The lowest BCUT2D eigenvalue weighted by atomic mass is 9.95. The smallest absolute Gasteiger partial charge is 0.0594 e. The number of rotatable bonds is 6. The fourth-order valence-corrected chi connectivity index (χ4v) is 2.91. The van der Waals surface area contributed by atoms with Gasteiger partial charge in [0.15, 0.2) is 0 Å². The van der Waals surface area contributed by atoms with E-state index in [2.05, 4.69) is 12.1 Å². The van der Waals surface area contributed by atoms with Crippen LogP contribution in [0.5, 0.6) is 0 Å². The van der Waals surface area contributed by atoms with E-state index in [1.54, 1.807) is 0 Å². The largest absolute Gasteiger partial charge is 0.393 e. The summed E-state index contributed by atoms with van der Waals surface area (Å²) >= 11 is 0. The fourth-order valence-electron chi connectivity index (χ4n) is 2.91. The lowest BCUT2D eigenvalue weighted by molar-refractivity contribution is 0.0999. The van der Waals surface area contributed by atoms with Gasteiger partial charge in [0.25, 0.3) is 0 Å². The molecule has 1 aliphatic rings. The average molecular weight is 264 g/mol. The van der Waals surface area contributed by atoms with Crippen LogP contribution >= 0.6 is 0 Å². The zero-order valence-electron chi connectivity index (χ0n) is 11.3. The number of hydrogen-bond acceptors (Lipinski definition) is 3. The Kier molecular flexibility index (Phi) is 5.37. The van der Waals surface area contributed by atoms with Gasteiger partial charge in [-0.3, -0.25) is 0 Å².